The van der Waals surface area contributed by atoms with Crippen molar-refractivity contribution in [3.05, 3.63) is 22.3 Å². The fraction of sp³-hybridized carbons (Fsp3) is 0.600. The molecule has 124 valence electrons. The molecule has 0 aliphatic heterocycles. The van der Waals surface area contributed by atoms with Gasteiger partial charge in [-0.25, -0.2) is 9.78 Å². The smallest absolute Gasteiger partial charge is 0.321 e. The Kier molecular flexibility index (Phi) is 4.61. The lowest BCUT2D eigenvalue weighted by Gasteiger charge is -2.15. The lowest BCUT2D eigenvalue weighted by atomic mass is 9.93. The molecule has 0 saturated heterocycles. The van der Waals surface area contributed by atoms with E-state index in [1.807, 2.05) is 6.92 Å². The minimum absolute atomic E-state index is 0.276. The van der Waals surface area contributed by atoms with E-state index in [-0.39, 0.29) is 12.1 Å². The van der Waals surface area contributed by atoms with Crippen LogP contribution < -0.4 is 10.6 Å². The molecule has 3 rings (SSSR count). The van der Waals surface area contributed by atoms with E-state index >= 15 is 0 Å². The third-order valence-corrected chi connectivity index (χ3v) is 5.01. The fourth-order valence-corrected chi connectivity index (χ4v) is 3.86. The van der Waals surface area contributed by atoms with Crippen LogP contribution in [0.1, 0.15) is 55.0 Å². The molecular formula is C15H21N5O2S. The molecule has 2 aromatic rings. The number of amides is 2. The second-order valence-corrected chi connectivity index (χ2v) is 7.05. The maximum Gasteiger partial charge on any atom is 0.321 e. The average Bonchev–Trinajstić information content (AvgIpc) is 3.10. The van der Waals surface area contributed by atoms with Gasteiger partial charge in [-0.05, 0) is 31.6 Å². The Bertz CT molecular complexity index is 696. The first kappa shape index (κ1) is 15.9. The lowest BCUT2D eigenvalue weighted by molar-refractivity contribution is 0.247. The number of aryl methyl sites for hydroxylation is 2. The number of rotatable bonds is 4. The molecule has 8 heteroatoms. The number of carbonyl (C=O) groups is 1. The van der Waals surface area contributed by atoms with Crippen LogP contribution in [0.2, 0.25) is 0 Å². The molecule has 2 N–H and O–H groups in total. The third kappa shape index (κ3) is 3.69. The number of carbonyl (C=O) groups excluding carboxylic acids is 1. The first-order valence-corrected chi connectivity index (χ1v) is 8.73. The molecule has 0 bridgehead atoms. The second-order valence-electron chi connectivity index (χ2n) is 5.97. The number of thiazole rings is 1. The van der Waals surface area contributed by atoms with Crippen molar-refractivity contribution >= 4 is 22.5 Å². The van der Waals surface area contributed by atoms with Gasteiger partial charge in [0.2, 0.25) is 5.89 Å². The van der Waals surface area contributed by atoms with Crippen LogP contribution in [-0.4, -0.2) is 21.2 Å². The summed E-state index contributed by atoms with van der Waals surface area (Å²) < 4.78 is 4.97. The van der Waals surface area contributed by atoms with Gasteiger partial charge in [0.1, 0.15) is 0 Å². The van der Waals surface area contributed by atoms with Gasteiger partial charge in [0.05, 0.1) is 11.7 Å². The number of hydrogen-bond acceptors (Lipinski definition) is 6. The van der Waals surface area contributed by atoms with Crippen LogP contribution in [0.15, 0.2) is 4.52 Å². The molecule has 2 aromatic heterocycles. The zero-order chi connectivity index (χ0) is 16.4. The number of hydrogen-bond donors (Lipinski definition) is 2. The topological polar surface area (TPSA) is 92.9 Å². The zero-order valence-corrected chi connectivity index (χ0v) is 14.4. The molecule has 2 amide bonds. The summed E-state index contributed by atoms with van der Waals surface area (Å²) in [6.07, 6.45) is 3.89. The maximum absolute atomic E-state index is 12.2. The standard InChI is InChI=1S/C15H21N5O2S/c1-4-10(13-16-9(3)22-20-13)17-14(21)19-15-18-11-6-5-8(2)7-12(11)23-15/h8,10H,4-7H2,1-3H3,(H2,17,18,19,21)/t8-,10+/m1/s1. The highest BCUT2D eigenvalue weighted by Crippen LogP contribution is 2.32. The van der Waals surface area contributed by atoms with Crippen molar-refractivity contribution in [2.45, 2.75) is 52.5 Å². The van der Waals surface area contributed by atoms with Gasteiger partial charge in [-0.2, -0.15) is 4.98 Å². The van der Waals surface area contributed by atoms with Crippen LogP contribution >= 0.6 is 11.3 Å². The van der Waals surface area contributed by atoms with E-state index < -0.39 is 0 Å². The SMILES string of the molecule is CC[C@H](NC(=O)Nc1nc2c(s1)C[C@H](C)CC2)c1noc(C)n1. The van der Waals surface area contributed by atoms with Crippen LogP contribution in [0.3, 0.4) is 0 Å². The molecule has 1 aliphatic rings. The molecule has 0 radical (unpaired) electrons. The fourth-order valence-electron chi connectivity index (χ4n) is 2.69. The summed E-state index contributed by atoms with van der Waals surface area (Å²) in [7, 11) is 0. The van der Waals surface area contributed by atoms with Crippen molar-refractivity contribution in [1.82, 2.24) is 20.4 Å². The molecule has 0 aromatic carbocycles. The second kappa shape index (κ2) is 6.66. The Hall–Kier alpha value is -1.96. The van der Waals surface area contributed by atoms with E-state index in [0.29, 0.717) is 29.2 Å². The minimum Gasteiger partial charge on any atom is -0.340 e. The molecule has 0 fully saturated rings. The van der Waals surface area contributed by atoms with Crippen molar-refractivity contribution in [2.24, 2.45) is 5.92 Å². The molecule has 2 heterocycles. The number of aromatic nitrogens is 3. The van der Waals surface area contributed by atoms with Crippen LogP contribution in [0.4, 0.5) is 9.93 Å². The molecular weight excluding hydrogens is 314 g/mol. The Labute approximate surface area is 138 Å². The summed E-state index contributed by atoms with van der Waals surface area (Å²) in [6, 6.07) is -0.569. The number of urea groups is 1. The van der Waals surface area contributed by atoms with E-state index in [1.54, 1.807) is 18.3 Å². The lowest BCUT2D eigenvalue weighted by Crippen LogP contribution is -2.32. The van der Waals surface area contributed by atoms with Crippen molar-refractivity contribution in [2.75, 3.05) is 5.32 Å². The van der Waals surface area contributed by atoms with E-state index in [4.69, 9.17) is 4.52 Å². The van der Waals surface area contributed by atoms with Gasteiger partial charge < -0.3 is 9.84 Å². The Morgan fingerprint density at radius 2 is 2.30 bits per heavy atom. The van der Waals surface area contributed by atoms with Gasteiger partial charge in [-0.1, -0.05) is 19.0 Å². The van der Waals surface area contributed by atoms with Gasteiger partial charge >= 0.3 is 6.03 Å². The summed E-state index contributed by atoms with van der Waals surface area (Å²) in [5.74, 6) is 1.67. The summed E-state index contributed by atoms with van der Waals surface area (Å²) in [5.41, 5.74) is 1.13. The highest BCUT2D eigenvalue weighted by molar-refractivity contribution is 7.15. The average molecular weight is 335 g/mol. The molecule has 2 atom stereocenters. The van der Waals surface area contributed by atoms with E-state index in [2.05, 4.69) is 32.7 Å². The van der Waals surface area contributed by atoms with E-state index in [1.165, 1.54) is 4.88 Å². The van der Waals surface area contributed by atoms with Crippen molar-refractivity contribution in [1.29, 1.82) is 0 Å². The molecule has 0 unspecified atom stereocenters. The quantitative estimate of drug-likeness (QED) is 0.895. The minimum atomic E-state index is -0.293. The number of anilines is 1. The monoisotopic (exact) mass is 335 g/mol. The van der Waals surface area contributed by atoms with Gasteiger partial charge in [0.25, 0.3) is 0 Å². The Balaban J connectivity index is 1.63. The van der Waals surface area contributed by atoms with Crippen molar-refractivity contribution < 1.29 is 9.32 Å². The zero-order valence-electron chi connectivity index (χ0n) is 13.5. The Morgan fingerprint density at radius 3 is 3.00 bits per heavy atom. The Morgan fingerprint density at radius 1 is 1.48 bits per heavy atom. The van der Waals surface area contributed by atoms with Gasteiger partial charge in [0, 0.05) is 11.8 Å². The van der Waals surface area contributed by atoms with Crippen molar-refractivity contribution in [3.63, 3.8) is 0 Å². The molecule has 7 nitrogen and oxygen atoms in total. The number of nitrogens with zero attached hydrogens (tertiary/aromatic N) is 3. The number of fused-ring (bicyclic) bond motifs is 1. The predicted molar refractivity (Wildman–Crippen MR) is 87.5 cm³/mol. The summed E-state index contributed by atoms with van der Waals surface area (Å²) in [6.45, 7) is 5.94. The van der Waals surface area contributed by atoms with Crippen molar-refractivity contribution in [3.8, 4) is 0 Å². The number of nitrogens with one attached hydrogen (secondary N) is 2. The van der Waals surface area contributed by atoms with E-state index in [9.17, 15) is 4.79 Å². The third-order valence-electron chi connectivity index (χ3n) is 3.98. The first-order chi connectivity index (χ1) is 11.0. The maximum atomic E-state index is 12.2. The summed E-state index contributed by atoms with van der Waals surface area (Å²) >= 11 is 1.57. The predicted octanol–water partition coefficient (Wildman–Crippen LogP) is 3.23. The molecule has 0 spiro atoms. The molecule has 1 aliphatic carbocycles. The summed E-state index contributed by atoms with van der Waals surface area (Å²) in [4.78, 5) is 22.2. The van der Waals surface area contributed by atoms with Crippen LogP contribution in [0, 0.1) is 12.8 Å². The van der Waals surface area contributed by atoms with Crippen LogP contribution in [0.5, 0.6) is 0 Å². The molecule has 23 heavy (non-hydrogen) atoms. The van der Waals surface area contributed by atoms with Crippen LogP contribution in [0.25, 0.3) is 0 Å². The largest absolute Gasteiger partial charge is 0.340 e. The highest BCUT2D eigenvalue weighted by atomic mass is 32.1. The molecule has 0 saturated carbocycles. The van der Waals surface area contributed by atoms with Crippen LogP contribution in [-0.2, 0) is 12.8 Å². The first-order valence-electron chi connectivity index (χ1n) is 7.91. The van der Waals surface area contributed by atoms with Gasteiger partial charge in [-0.3, -0.25) is 5.32 Å². The van der Waals surface area contributed by atoms with E-state index in [0.717, 1.165) is 25.0 Å². The normalized spacial score (nSPS) is 18.3. The van der Waals surface area contributed by atoms with Gasteiger partial charge in [0.15, 0.2) is 11.0 Å². The summed E-state index contributed by atoms with van der Waals surface area (Å²) in [5, 5.41) is 10.2. The van der Waals surface area contributed by atoms with Gasteiger partial charge in [-0.15, -0.1) is 11.3 Å². The highest BCUT2D eigenvalue weighted by Gasteiger charge is 2.22.